The molecule has 6 heteroatoms. The molecule has 0 saturated heterocycles. The average Bonchev–Trinajstić information content (AvgIpc) is 3.27. The predicted molar refractivity (Wildman–Crippen MR) is 85.7 cm³/mol. The van der Waals surface area contributed by atoms with Gasteiger partial charge in [-0.25, -0.2) is 8.42 Å². The van der Waals surface area contributed by atoms with Crippen LogP contribution in [0.4, 0.5) is 0 Å². The zero-order chi connectivity index (χ0) is 16.7. The summed E-state index contributed by atoms with van der Waals surface area (Å²) in [5.41, 5.74) is -0.935. The van der Waals surface area contributed by atoms with E-state index in [0.717, 1.165) is 0 Å². The smallest absolute Gasteiger partial charge is 0.183 e. The first kappa shape index (κ1) is 15.7. The van der Waals surface area contributed by atoms with E-state index in [9.17, 15) is 18.5 Å². The van der Waals surface area contributed by atoms with Gasteiger partial charge in [-0.1, -0.05) is 41.9 Å². The number of hydrogen-bond acceptors (Lipinski definition) is 4. The van der Waals surface area contributed by atoms with Crippen LogP contribution in [0, 0.1) is 16.7 Å². The van der Waals surface area contributed by atoms with Gasteiger partial charge in [0, 0.05) is 10.9 Å². The third kappa shape index (κ3) is 2.35. The summed E-state index contributed by atoms with van der Waals surface area (Å²) in [5, 5.41) is 8.87. The van der Waals surface area contributed by atoms with Gasteiger partial charge in [-0.15, -0.1) is 0 Å². The Kier molecular flexibility index (Phi) is 3.75. The lowest BCUT2D eigenvalue weighted by atomic mass is 10.0. The lowest BCUT2D eigenvalue weighted by Crippen LogP contribution is -2.16. The summed E-state index contributed by atoms with van der Waals surface area (Å²) in [7, 11) is -3.79. The molecule has 0 unspecified atom stereocenters. The highest BCUT2D eigenvalue weighted by molar-refractivity contribution is 7.92. The Morgan fingerprint density at radius 2 is 1.70 bits per heavy atom. The fraction of sp³-hybridized carbons (Fsp3) is 0.176. The summed E-state index contributed by atoms with van der Waals surface area (Å²) in [6.45, 7) is 0. The van der Waals surface area contributed by atoms with Crippen molar-refractivity contribution in [2.24, 2.45) is 5.41 Å². The molecule has 1 aliphatic carbocycles. The fourth-order valence-corrected chi connectivity index (χ4v) is 5.37. The Labute approximate surface area is 139 Å². The standard InChI is InChI=1S/C17H12ClNO3S/c18-13-8-6-12(7-9-13)15-16(17(15,10-19)11-20)23(21,22)14-4-2-1-3-5-14/h1-9,11,15-16H/t15-,16+,17-/m0/s1. The summed E-state index contributed by atoms with van der Waals surface area (Å²) in [6, 6.07) is 16.3. The van der Waals surface area contributed by atoms with E-state index < -0.39 is 26.4 Å². The third-order valence-corrected chi connectivity index (χ3v) is 6.71. The lowest BCUT2D eigenvalue weighted by molar-refractivity contribution is -0.110. The molecule has 116 valence electrons. The van der Waals surface area contributed by atoms with Crippen LogP contribution in [-0.4, -0.2) is 20.0 Å². The Balaban J connectivity index is 2.09. The zero-order valence-electron chi connectivity index (χ0n) is 11.9. The maximum atomic E-state index is 12.8. The number of sulfone groups is 1. The van der Waals surface area contributed by atoms with Gasteiger partial charge in [0.1, 0.15) is 17.0 Å². The van der Waals surface area contributed by atoms with Gasteiger partial charge in [-0.2, -0.15) is 5.26 Å². The van der Waals surface area contributed by atoms with Crippen molar-refractivity contribution in [1.82, 2.24) is 0 Å². The van der Waals surface area contributed by atoms with E-state index in [1.165, 1.54) is 12.1 Å². The normalized spacial score (nSPS) is 26.3. The summed E-state index contributed by atoms with van der Waals surface area (Å²) in [5.74, 6) is -0.688. The van der Waals surface area contributed by atoms with E-state index >= 15 is 0 Å². The minimum atomic E-state index is -3.79. The van der Waals surface area contributed by atoms with Crippen molar-refractivity contribution >= 4 is 27.7 Å². The summed E-state index contributed by atoms with van der Waals surface area (Å²) < 4.78 is 25.7. The second-order valence-electron chi connectivity index (χ2n) is 5.47. The van der Waals surface area contributed by atoms with Crippen LogP contribution >= 0.6 is 11.6 Å². The van der Waals surface area contributed by atoms with Crippen LogP contribution in [0.2, 0.25) is 5.02 Å². The minimum absolute atomic E-state index is 0.114. The van der Waals surface area contributed by atoms with Gasteiger partial charge in [0.05, 0.1) is 11.0 Å². The topological polar surface area (TPSA) is 75.0 Å². The molecule has 3 rings (SSSR count). The number of nitrogens with zero attached hydrogens (tertiary/aromatic N) is 1. The maximum absolute atomic E-state index is 12.8. The van der Waals surface area contributed by atoms with Crippen LogP contribution < -0.4 is 0 Å². The second-order valence-corrected chi connectivity index (χ2v) is 7.98. The summed E-state index contributed by atoms with van der Waals surface area (Å²) in [6.07, 6.45) is 0.456. The summed E-state index contributed by atoms with van der Waals surface area (Å²) in [4.78, 5) is 11.7. The van der Waals surface area contributed by atoms with Crippen molar-refractivity contribution in [3.63, 3.8) is 0 Å². The fourth-order valence-electron chi connectivity index (χ4n) is 2.99. The number of carbonyl (C=O) groups is 1. The number of nitriles is 1. The van der Waals surface area contributed by atoms with Crippen LogP contribution in [0.5, 0.6) is 0 Å². The molecule has 0 radical (unpaired) electrons. The van der Waals surface area contributed by atoms with Crippen molar-refractivity contribution in [1.29, 1.82) is 5.26 Å². The average molecular weight is 346 g/mol. The molecule has 0 aromatic heterocycles. The Hall–Kier alpha value is -2.16. The molecule has 0 heterocycles. The number of carbonyl (C=O) groups excluding carboxylic acids is 1. The van der Waals surface area contributed by atoms with Gasteiger partial charge in [-0.3, -0.25) is 0 Å². The highest BCUT2D eigenvalue weighted by Gasteiger charge is 2.72. The molecule has 0 bridgehead atoms. The quantitative estimate of drug-likeness (QED) is 0.798. The molecule has 0 aliphatic heterocycles. The molecular weight excluding hydrogens is 334 g/mol. The molecule has 4 nitrogen and oxygen atoms in total. The van der Waals surface area contributed by atoms with Crippen molar-refractivity contribution in [2.75, 3.05) is 0 Å². The first-order valence-electron chi connectivity index (χ1n) is 6.89. The monoisotopic (exact) mass is 345 g/mol. The van der Waals surface area contributed by atoms with E-state index in [-0.39, 0.29) is 4.90 Å². The van der Waals surface area contributed by atoms with E-state index in [2.05, 4.69) is 0 Å². The molecule has 0 spiro atoms. The lowest BCUT2D eigenvalue weighted by Gasteiger charge is -2.04. The molecule has 1 aliphatic rings. The third-order valence-electron chi connectivity index (χ3n) is 4.20. The highest BCUT2D eigenvalue weighted by atomic mass is 35.5. The first-order chi connectivity index (χ1) is 11.0. The number of hydrogen-bond donors (Lipinski definition) is 0. The van der Waals surface area contributed by atoms with Crippen molar-refractivity contribution < 1.29 is 13.2 Å². The van der Waals surface area contributed by atoms with Crippen LogP contribution in [-0.2, 0) is 14.6 Å². The molecule has 1 saturated carbocycles. The molecule has 1 fully saturated rings. The van der Waals surface area contributed by atoms with Gasteiger partial charge < -0.3 is 4.79 Å². The number of rotatable bonds is 4. The second kappa shape index (κ2) is 5.48. The van der Waals surface area contributed by atoms with Gasteiger partial charge in [0.25, 0.3) is 0 Å². The Bertz CT molecular complexity index is 888. The Morgan fingerprint density at radius 3 is 2.22 bits per heavy atom. The van der Waals surface area contributed by atoms with Gasteiger partial charge in [-0.05, 0) is 29.8 Å². The van der Waals surface area contributed by atoms with Crippen LogP contribution in [0.1, 0.15) is 11.5 Å². The van der Waals surface area contributed by atoms with E-state index in [1.54, 1.807) is 42.5 Å². The molecule has 23 heavy (non-hydrogen) atoms. The predicted octanol–water partition coefficient (Wildman–Crippen LogP) is 2.99. The molecule has 0 N–H and O–H groups in total. The molecule has 0 amide bonds. The van der Waals surface area contributed by atoms with Crippen LogP contribution in [0.15, 0.2) is 59.5 Å². The SMILES string of the molecule is N#C[C@@]1(C=O)[C@H](S(=O)(=O)c2ccccc2)[C@@H]1c1ccc(Cl)cc1. The molecule has 2 aromatic rings. The van der Waals surface area contributed by atoms with Crippen LogP contribution in [0.3, 0.4) is 0 Å². The van der Waals surface area contributed by atoms with Crippen molar-refractivity contribution in [3.05, 3.63) is 65.2 Å². The van der Waals surface area contributed by atoms with Gasteiger partial charge in [0.15, 0.2) is 9.84 Å². The zero-order valence-corrected chi connectivity index (χ0v) is 13.5. The first-order valence-corrected chi connectivity index (χ1v) is 8.82. The maximum Gasteiger partial charge on any atom is 0.183 e. The van der Waals surface area contributed by atoms with E-state index in [0.29, 0.717) is 16.9 Å². The number of halogens is 1. The molecule has 3 atom stereocenters. The Morgan fingerprint density at radius 1 is 1.09 bits per heavy atom. The molecule has 2 aromatic carbocycles. The van der Waals surface area contributed by atoms with Gasteiger partial charge in [0.2, 0.25) is 0 Å². The van der Waals surface area contributed by atoms with Gasteiger partial charge >= 0.3 is 0 Å². The van der Waals surface area contributed by atoms with E-state index in [4.69, 9.17) is 11.6 Å². The largest absolute Gasteiger partial charge is 0.302 e. The minimum Gasteiger partial charge on any atom is -0.302 e. The number of aldehydes is 1. The number of benzene rings is 2. The van der Waals surface area contributed by atoms with Crippen LogP contribution in [0.25, 0.3) is 0 Å². The van der Waals surface area contributed by atoms with Crippen molar-refractivity contribution in [2.45, 2.75) is 16.1 Å². The summed E-state index contributed by atoms with van der Waals surface area (Å²) >= 11 is 5.84. The molecular formula is C17H12ClNO3S. The highest BCUT2D eigenvalue weighted by Crippen LogP contribution is 2.62. The van der Waals surface area contributed by atoms with E-state index in [1.807, 2.05) is 6.07 Å². The van der Waals surface area contributed by atoms with Crippen molar-refractivity contribution in [3.8, 4) is 6.07 Å².